The van der Waals surface area contributed by atoms with Gasteiger partial charge in [-0.15, -0.1) is 6.58 Å². The Bertz CT molecular complexity index is 613. The van der Waals surface area contributed by atoms with Crippen LogP contribution in [0.1, 0.15) is 26.7 Å². The summed E-state index contributed by atoms with van der Waals surface area (Å²) in [4.78, 5) is 0. The predicted octanol–water partition coefficient (Wildman–Crippen LogP) is -0.706. The molecule has 6 atom stereocenters. The average molecular weight is 412 g/mol. The van der Waals surface area contributed by atoms with Gasteiger partial charge in [-0.25, -0.2) is 4.18 Å². The molecule has 158 valence electrons. The first-order valence-corrected chi connectivity index (χ1v) is 9.68. The van der Waals surface area contributed by atoms with Crippen molar-refractivity contribution < 1.29 is 47.1 Å². The maximum Gasteiger partial charge on any atom is 0.397 e. The van der Waals surface area contributed by atoms with Crippen LogP contribution in [0, 0.1) is 0 Å². The topological polar surface area (TPSA) is 163 Å². The van der Waals surface area contributed by atoms with E-state index in [0.717, 1.165) is 5.57 Å². The van der Waals surface area contributed by atoms with Crippen LogP contribution in [0.15, 0.2) is 24.3 Å². The van der Waals surface area contributed by atoms with E-state index in [1.54, 1.807) is 13.8 Å². The highest BCUT2D eigenvalue weighted by Crippen LogP contribution is 2.25. The minimum absolute atomic E-state index is 0.0205. The Morgan fingerprint density at radius 2 is 1.96 bits per heavy atom. The van der Waals surface area contributed by atoms with Gasteiger partial charge in [0.1, 0.15) is 24.4 Å². The van der Waals surface area contributed by atoms with E-state index < -0.39 is 53.3 Å². The number of hydrogen-bond acceptors (Lipinski definition) is 9. The highest BCUT2D eigenvalue weighted by atomic mass is 32.3. The zero-order valence-corrected chi connectivity index (χ0v) is 16.1. The molecule has 0 amide bonds. The molecular weight excluding hydrogens is 384 g/mol. The van der Waals surface area contributed by atoms with Crippen molar-refractivity contribution in [2.24, 2.45) is 0 Å². The molecule has 0 aromatic heterocycles. The van der Waals surface area contributed by atoms with Crippen LogP contribution in [0.2, 0.25) is 0 Å². The second-order valence-corrected chi connectivity index (χ2v) is 7.70. The molecule has 27 heavy (non-hydrogen) atoms. The van der Waals surface area contributed by atoms with Gasteiger partial charge in [0.25, 0.3) is 0 Å². The lowest BCUT2D eigenvalue weighted by molar-refractivity contribution is -0.295. The summed E-state index contributed by atoms with van der Waals surface area (Å²) in [5.41, 5.74) is -0.224. The first kappa shape index (κ1) is 24.1. The van der Waals surface area contributed by atoms with Crippen molar-refractivity contribution in [3.63, 3.8) is 0 Å². The van der Waals surface area contributed by atoms with E-state index in [9.17, 15) is 28.8 Å². The second kappa shape index (κ2) is 10.0. The van der Waals surface area contributed by atoms with Gasteiger partial charge < -0.3 is 29.9 Å². The molecule has 1 saturated heterocycles. The summed E-state index contributed by atoms with van der Waals surface area (Å²) in [5, 5.41) is 39.2. The van der Waals surface area contributed by atoms with Crippen LogP contribution in [0.3, 0.4) is 0 Å². The number of hydrogen-bond donors (Lipinski definition) is 5. The molecule has 1 heterocycles. The van der Waals surface area contributed by atoms with Gasteiger partial charge in [-0.05, 0) is 26.7 Å². The van der Waals surface area contributed by atoms with E-state index in [-0.39, 0.29) is 6.61 Å². The maximum absolute atomic E-state index is 10.8. The quantitative estimate of drug-likeness (QED) is 0.229. The van der Waals surface area contributed by atoms with Crippen molar-refractivity contribution in [1.29, 1.82) is 0 Å². The molecule has 10 nitrogen and oxygen atoms in total. The molecule has 0 aromatic rings. The molecule has 1 rings (SSSR count). The van der Waals surface area contributed by atoms with Gasteiger partial charge in [0.15, 0.2) is 6.29 Å². The number of rotatable bonds is 10. The summed E-state index contributed by atoms with van der Waals surface area (Å²) < 4.78 is 45.3. The Morgan fingerprint density at radius 3 is 2.48 bits per heavy atom. The molecular formula is C16H28O10S. The third-order valence-corrected chi connectivity index (χ3v) is 4.58. The lowest BCUT2D eigenvalue weighted by atomic mass is 9.99. The van der Waals surface area contributed by atoms with Gasteiger partial charge in [-0.3, -0.25) is 4.55 Å². The fourth-order valence-corrected chi connectivity index (χ4v) is 2.95. The number of aliphatic hydroxyl groups is 4. The molecule has 0 bridgehead atoms. The van der Waals surface area contributed by atoms with Gasteiger partial charge in [0.05, 0.1) is 18.8 Å². The van der Waals surface area contributed by atoms with E-state index in [1.165, 1.54) is 6.08 Å². The van der Waals surface area contributed by atoms with Crippen LogP contribution in [-0.2, 0) is 24.1 Å². The molecule has 5 N–H and O–H groups in total. The largest absolute Gasteiger partial charge is 0.397 e. The van der Waals surface area contributed by atoms with Crippen molar-refractivity contribution in [2.75, 3.05) is 13.2 Å². The number of ether oxygens (including phenoxy) is 2. The van der Waals surface area contributed by atoms with Gasteiger partial charge >= 0.3 is 10.4 Å². The van der Waals surface area contributed by atoms with Crippen molar-refractivity contribution in [2.45, 2.75) is 63.0 Å². The van der Waals surface area contributed by atoms with E-state index in [1.807, 2.05) is 6.08 Å². The Morgan fingerprint density at radius 1 is 1.33 bits per heavy atom. The molecule has 1 aliphatic heterocycles. The van der Waals surface area contributed by atoms with Gasteiger partial charge in [0, 0.05) is 0 Å². The fourth-order valence-electron chi connectivity index (χ4n) is 2.43. The van der Waals surface area contributed by atoms with Gasteiger partial charge in [-0.1, -0.05) is 17.7 Å². The Kier molecular flexibility index (Phi) is 8.99. The van der Waals surface area contributed by atoms with Crippen LogP contribution in [0.4, 0.5) is 0 Å². The predicted molar refractivity (Wildman–Crippen MR) is 93.9 cm³/mol. The standard InChI is InChI=1S/C16H28O10S/c1-4-16(3,20)7-5-6-10(2)9-24-15-13(19)12(18)14(11(8-17)25-15)26-27(21,22)23/h4,6,11-15,17-20H,1,5,7-9H2,2-3H3,(H,21,22,23)/t11-,12-,13-,14-,15-,16-/m1/s1. The zero-order valence-electron chi connectivity index (χ0n) is 15.3. The molecule has 1 aliphatic rings. The second-order valence-electron chi connectivity index (χ2n) is 6.66. The van der Waals surface area contributed by atoms with Crippen LogP contribution >= 0.6 is 0 Å². The lowest BCUT2D eigenvalue weighted by Gasteiger charge is -2.40. The van der Waals surface area contributed by atoms with Crippen LogP contribution in [-0.4, -0.2) is 82.9 Å². The third-order valence-electron chi connectivity index (χ3n) is 4.11. The summed E-state index contributed by atoms with van der Waals surface area (Å²) >= 11 is 0. The zero-order chi connectivity index (χ0) is 20.8. The van der Waals surface area contributed by atoms with Crippen molar-refractivity contribution in [3.05, 3.63) is 24.3 Å². The van der Waals surface area contributed by atoms with Crippen molar-refractivity contribution >= 4 is 10.4 Å². The van der Waals surface area contributed by atoms with Crippen LogP contribution < -0.4 is 0 Å². The minimum Gasteiger partial charge on any atom is -0.394 e. The minimum atomic E-state index is -4.93. The average Bonchev–Trinajstić information content (AvgIpc) is 2.57. The molecule has 0 aromatic carbocycles. The Hall–Kier alpha value is -0.890. The Labute approximate surface area is 158 Å². The van der Waals surface area contributed by atoms with Crippen molar-refractivity contribution in [3.8, 4) is 0 Å². The van der Waals surface area contributed by atoms with Gasteiger partial charge in [0.2, 0.25) is 0 Å². The molecule has 1 fully saturated rings. The molecule has 11 heteroatoms. The van der Waals surface area contributed by atoms with E-state index >= 15 is 0 Å². The third kappa shape index (κ3) is 7.94. The highest BCUT2D eigenvalue weighted by Gasteiger charge is 2.47. The monoisotopic (exact) mass is 412 g/mol. The first-order chi connectivity index (χ1) is 12.4. The number of aliphatic hydroxyl groups excluding tert-OH is 3. The smallest absolute Gasteiger partial charge is 0.394 e. The molecule has 0 radical (unpaired) electrons. The summed E-state index contributed by atoms with van der Waals surface area (Å²) in [6.45, 7) is 6.20. The SMILES string of the molecule is C=C[C@@](C)(O)CCC=C(C)CO[C@@H]1O[C@H](CO)[C@@H](OS(=O)(=O)O)[C@H](O)[C@H]1O. The summed E-state index contributed by atoms with van der Waals surface area (Å²) in [5.74, 6) is 0. The number of allylic oxidation sites excluding steroid dienone is 1. The van der Waals surface area contributed by atoms with E-state index in [2.05, 4.69) is 10.8 Å². The highest BCUT2D eigenvalue weighted by molar-refractivity contribution is 7.80. The summed E-state index contributed by atoms with van der Waals surface area (Å²) in [6.07, 6.45) is -3.58. The fraction of sp³-hybridized carbons (Fsp3) is 0.750. The van der Waals surface area contributed by atoms with Crippen LogP contribution in [0.5, 0.6) is 0 Å². The van der Waals surface area contributed by atoms with E-state index in [0.29, 0.717) is 12.8 Å². The summed E-state index contributed by atoms with van der Waals surface area (Å²) in [6, 6.07) is 0. The molecule has 0 saturated carbocycles. The first-order valence-electron chi connectivity index (χ1n) is 8.31. The van der Waals surface area contributed by atoms with Crippen LogP contribution in [0.25, 0.3) is 0 Å². The maximum atomic E-state index is 10.8. The normalized spacial score (nSPS) is 32.1. The van der Waals surface area contributed by atoms with Gasteiger partial charge in [-0.2, -0.15) is 8.42 Å². The lowest BCUT2D eigenvalue weighted by Crippen LogP contribution is -2.60. The summed E-state index contributed by atoms with van der Waals surface area (Å²) in [7, 11) is -4.93. The van der Waals surface area contributed by atoms with E-state index in [4.69, 9.17) is 14.0 Å². The van der Waals surface area contributed by atoms with Crippen molar-refractivity contribution in [1.82, 2.24) is 0 Å². The Balaban J connectivity index is 2.64. The molecule has 0 unspecified atom stereocenters. The molecule has 0 aliphatic carbocycles. The molecule has 0 spiro atoms.